The van der Waals surface area contributed by atoms with Gasteiger partial charge in [0.15, 0.2) is 0 Å². The quantitative estimate of drug-likeness (QED) is 0.529. The molecule has 19 heavy (non-hydrogen) atoms. The third kappa shape index (κ3) is 2.58. The fraction of sp³-hybridized carbons (Fsp3) is 0.0526. The van der Waals surface area contributed by atoms with E-state index >= 15 is 0 Å². The van der Waals surface area contributed by atoms with Crippen molar-refractivity contribution >= 4 is 22.4 Å². The van der Waals surface area contributed by atoms with Crippen molar-refractivity contribution in [3.05, 3.63) is 83.9 Å². The highest BCUT2D eigenvalue weighted by atomic mass is 14.0. The second-order valence-electron chi connectivity index (χ2n) is 4.80. The zero-order valence-corrected chi connectivity index (χ0v) is 11.0. The van der Waals surface area contributed by atoms with Gasteiger partial charge >= 0.3 is 0 Å². The molecule has 92 valence electrons. The molecule has 0 aliphatic carbocycles. The molecule has 3 rings (SSSR count). The molecular formula is C19H16. The summed E-state index contributed by atoms with van der Waals surface area (Å²) in [5.41, 5.74) is 3.81. The zero-order chi connectivity index (χ0) is 13.1. The molecular weight excluding hydrogens is 228 g/mol. The lowest BCUT2D eigenvalue weighted by molar-refractivity contribution is 1.58. The first-order chi connectivity index (χ1) is 9.33. The van der Waals surface area contributed by atoms with E-state index in [-0.39, 0.29) is 0 Å². The van der Waals surface area contributed by atoms with Crippen molar-refractivity contribution < 1.29 is 0 Å². The summed E-state index contributed by atoms with van der Waals surface area (Å²) >= 11 is 0. The fourth-order valence-corrected chi connectivity index (χ4v) is 2.33. The van der Waals surface area contributed by atoms with Crippen molar-refractivity contribution in [1.82, 2.24) is 0 Å². The van der Waals surface area contributed by atoms with Crippen LogP contribution in [-0.4, -0.2) is 0 Å². The lowest BCUT2D eigenvalue weighted by Crippen LogP contribution is -1.80. The smallest absolute Gasteiger partial charge is 0.0178 e. The SMILES string of the molecule is CC(=Cc1ccc2ccccc2c1)c1ccccc1. The molecule has 3 aromatic rings. The molecule has 0 aliphatic heterocycles. The Balaban J connectivity index is 2.01. The summed E-state index contributed by atoms with van der Waals surface area (Å²) in [6.07, 6.45) is 2.24. The van der Waals surface area contributed by atoms with Crippen molar-refractivity contribution in [2.75, 3.05) is 0 Å². The molecule has 0 bridgehead atoms. The van der Waals surface area contributed by atoms with Gasteiger partial charge < -0.3 is 0 Å². The minimum Gasteiger partial charge on any atom is -0.0622 e. The average Bonchev–Trinajstić information content (AvgIpc) is 2.48. The molecule has 0 N–H and O–H groups in total. The highest BCUT2D eigenvalue weighted by Crippen LogP contribution is 2.21. The maximum absolute atomic E-state index is 2.24. The Kier molecular flexibility index (Phi) is 3.16. The van der Waals surface area contributed by atoms with Crippen LogP contribution in [0.15, 0.2) is 72.8 Å². The highest BCUT2D eigenvalue weighted by molar-refractivity contribution is 5.88. The molecule has 0 heteroatoms. The van der Waals surface area contributed by atoms with Gasteiger partial charge in [0.1, 0.15) is 0 Å². The highest BCUT2D eigenvalue weighted by Gasteiger charge is 1.97. The van der Waals surface area contributed by atoms with E-state index in [9.17, 15) is 0 Å². The van der Waals surface area contributed by atoms with E-state index in [0.717, 1.165) is 0 Å². The Morgan fingerprint density at radius 2 is 1.42 bits per heavy atom. The normalized spacial score (nSPS) is 11.7. The molecule has 0 unspecified atom stereocenters. The fourth-order valence-electron chi connectivity index (χ4n) is 2.33. The maximum Gasteiger partial charge on any atom is -0.0178 e. The van der Waals surface area contributed by atoms with E-state index in [1.807, 2.05) is 6.07 Å². The molecule has 0 radical (unpaired) electrons. The summed E-state index contributed by atoms with van der Waals surface area (Å²) < 4.78 is 0. The molecule has 3 aromatic carbocycles. The van der Waals surface area contributed by atoms with Crippen molar-refractivity contribution in [2.24, 2.45) is 0 Å². The number of fused-ring (bicyclic) bond motifs is 1. The first kappa shape index (κ1) is 11.7. The molecule has 0 saturated carbocycles. The van der Waals surface area contributed by atoms with Crippen LogP contribution in [0.5, 0.6) is 0 Å². The molecule has 0 saturated heterocycles. The van der Waals surface area contributed by atoms with Gasteiger partial charge in [0.25, 0.3) is 0 Å². The van der Waals surface area contributed by atoms with Crippen LogP contribution < -0.4 is 0 Å². The van der Waals surface area contributed by atoms with Crippen LogP contribution in [0.1, 0.15) is 18.1 Å². The Morgan fingerprint density at radius 3 is 2.21 bits per heavy atom. The Labute approximate surface area is 114 Å². The van der Waals surface area contributed by atoms with E-state index < -0.39 is 0 Å². The number of hydrogen-bond donors (Lipinski definition) is 0. The summed E-state index contributed by atoms with van der Waals surface area (Å²) in [4.78, 5) is 0. The number of hydrogen-bond acceptors (Lipinski definition) is 0. The van der Waals surface area contributed by atoms with Gasteiger partial charge in [-0.1, -0.05) is 72.8 Å². The Hall–Kier alpha value is -2.34. The Bertz CT molecular complexity index is 721. The van der Waals surface area contributed by atoms with Crippen molar-refractivity contribution in [3.63, 3.8) is 0 Å². The molecule has 0 heterocycles. The third-order valence-electron chi connectivity index (χ3n) is 3.39. The molecule has 0 aromatic heterocycles. The number of allylic oxidation sites excluding steroid dienone is 1. The van der Waals surface area contributed by atoms with E-state index in [2.05, 4.69) is 79.7 Å². The van der Waals surface area contributed by atoms with Gasteiger partial charge in [0, 0.05) is 0 Å². The summed E-state index contributed by atoms with van der Waals surface area (Å²) in [5, 5.41) is 2.58. The maximum atomic E-state index is 2.24. The summed E-state index contributed by atoms with van der Waals surface area (Å²) in [6.45, 7) is 2.16. The largest absolute Gasteiger partial charge is 0.0622 e. The topological polar surface area (TPSA) is 0 Å². The van der Waals surface area contributed by atoms with Crippen molar-refractivity contribution in [3.8, 4) is 0 Å². The van der Waals surface area contributed by atoms with E-state index in [4.69, 9.17) is 0 Å². The zero-order valence-electron chi connectivity index (χ0n) is 11.0. The minimum absolute atomic E-state index is 1.25. The predicted octanol–water partition coefficient (Wildman–Crippen LogP) is 5.40. The average molecular weight is 244 g/mol. The van der Waals surface area contributed by atoms with Crippen molar-refractivity contribution in [2.45, 2.75) is 6.92 Å². The van der Waals surface area contributed by atoms with Crippen LogP contribution in [0.3, 0.4) is 0 Å². The van der Waals surface area contributed by atoms with Crippen LogP contribution in [-0.2, 0) is 0 Å². The van der Waals surface area contributed by atoms with Gasteiger partial charge in [-0.05, 0) is 40.5 Å². The van der Waals surface area contributed by atoms with Gasteiger partial charge in [-0.3, -0.25) is 0 Å². The van der Waals surface area contributed by atoms with Gasteiger partial charge in [-0.15, -0.1) is 0 Å². The van der Waals surface area contributed by atoms with Gasteiger partial charge in [0.05, 0.1) is 0 Å². The first-order valence-electron chi connectivity index (χ1n) is 6.55. The van der Waals surface area contributed by atoms with Crippen LogP contribution in [0, 0.1) is 0 Å². The number of rotatable bonds is 2. The molecule has 0 nitrogen and oxygen atoms in total. The summed E-state index contributed by atoms with van der Waals surface area (Å²) in [7, 11) is 0. The third-order valence-corrected chi connectivity index (χ3v) is 3.39. The molecule has 0 aliphatic rings. The predicted molar refractivity (Wildman–Crippen MR) is 83.9 cm³/mol. The monoisotopic (exact) mass is 244 g/mol. The summed E-state index contributed by atoms with van der Waals surface area (Å²) in [6, 6.07) is 25.5. The van der Waals surface area contributed by atoms with Gasteiger partial charge in [-0.2, -0.15) is 0 Å². The van der Waals surface area contributed by atoms with E-state index in [1.165, 1.54) is 27.5 Å². The molecule has 0 atom stereocenters. The van der Waals surface area contributed by atoms with E-state index in [1.54, 1.807) is 0 Å². The van der Waals surface area contributed by atoms with Crippen LogP contribution >= 0.6 is 0 Å². The molecule has 0 amide bonds. The van der Waals surface area contributed by atoms with Crippen LogP contribution in [0.25, 0.3) is 22.4 Å². The molecule has 0 fully saturated rings. The van der Waals surface area contributed by atoms with Crippen LogP contribution in [0.2, 0.25) is 0 Å². The van der Waals surface area contributed by atoms with E-state index in [0.29, 0.717) is 0 Å². The second-order valence-corrected chi connectivity index (χ2v) is 4.80. The lowest BCUT2D eigenvalue weighted by atomic mass is 10.0. The molecule has 0 spiro atoms. The first-order valence-corrected chi connectivity index (χ1v) is 6.55. The van der Waals surface area contributed by atoms with Crippen LogP contribution in [0.4, 0.5) is 0 Å². The second kappa shape index (κ2) is 5.11. The van der Waals surface area contributed by atoms with Crippen molar-refractivity contribution in [1.29, 1.82) is 0 Å². The minimum atomic E-state index is 1.25. The van der Waals surface area contributed by atoms with Gasteiger partial charge in [0.2, 0.25) is 0 Å². The lowest BCUT2D eigenvalue weighted by Gasteiger charge is -2.03. The standard InChI is InChI=1S/C19H16/c1-15(17-7-3-2-4-8-17)13-16-11-12-18-9-5-6-10-19(18)14-16/h2-14H,1H3. The van der Waals surface area contributed by atoms with Gasteiger partial charge in [-0.25, -0.2) is 0 Å². The Morgan fingerprint density at radius 1 is 0.737 bits per heavy atom. The summed E-state index contributed by atoms with van der Waals surface area (Å²) in [5.74, 6) is 0. The number of benzene rings is 3.